The number of nitrogens with two attached hydrogens (primary N) is 1. The van der Waals surface area contributed by atoms with Crippen LogP contribution in [0.3, 0.4) is 0 Å². The normalized spacial score (nSPS) is 10.6. The highest BCUT2D eigenvalue weighted by Gasteiger charge is 2.06. The average molecular weight is 274 g/mol. The van der Waals surface area contributed by atoms with Crippen molar-refractivity contribution < 1.29 is 0 Å². The van der Waals surface area contributed by atoms with Crippen LogP contribution in [0.5, 0.6) is 0 Å². The fourth-order valence-electron chi connectivity index (χ4n) is 1.79. The molecule has 0 spiro atoms. The van der Waals surface area contributed by atoms with E-state index >= 15 is 0 Å². The van der Waals surface area contributed by atoms with Crippen LogP contribution in [-0.2, 0) is 6.54 Å². The molecule has 7 heteroatoms. The van der Waals surface area contributed by atoms with Crippen molar-refractivity contribution in [1.82, 2.24) is 19.7 Å². The van der Waals surface area contributed by atoms with Gasteiger partial charge >= 0.3 is 0 Å². The summed E-state index contributed by atoms with van der Waals surface area (Å²) in [5, 5.41) is 4.14. The topological polar surface area (TPSA) is 89.9 Å². The number of aryl methyl sites for hydroxylation is 1. The molecular weight excluding hydrogens is 256 g/mol. The summed E-state index contributed by atoms with van der Waals surface area (Å²) in [6.07, 6.45) is 1.66. The van der Waals surface area contributed by atoms with E-state index < -0.39 is 0 Å². The summed E-state index contributed by atoms with van der Waals surface area (Å²) in [4.78, 5) is 22.3. The molecule has 2 N–H and O–H groups in total. The van der Waals surface area contributed by atoms with Crippen molar-refractivity contribution in [2.24, 2.45) is 0 Å². The maximum atomic E-state index is 12.0. The van der Waals surface area contributed by atoms with Gasteiger partial charge in [0.15, 0.2) is 5.82 Å². The second-order valence-electron chi connectivity index (χ2n) is 4.57. The lowest BCUT2D eigenvalue weighted by molar-refractivity contribution is 0.612. The number of nitrogens with zero attached hydrogens (tertiary/aromatic N) is 5. The molecule has 2 heterocycles. The molecule has 7 nitrogen and oxygen atoms in total. The van der Waals surface area contributed by atoms with Crippen LogP contribution in [0.25, 0.3) is 0 Å². The molecule has 2 aromatic rings. The Hall–Kier alpha value is -2.44. The second-order valence-corrected chi connectivity index (χ2v) is 4.57. The van der Waals surface area contributed by atoms with Crippen molar-refractivity contribution in [2.45, 2.75) is 20.4 Å². The second kappa shape index (κ2) is 5.68. The minimum Gasteiger partial charge on any atom is -0.384 e. The number of nitrogen functional groups attached to an aromatic ring is 1. The Morgan fingerprint density at radius 2 is 2.10 bits per heavy atom. The molecule has 2 rings (SSSR count). The van der Waals surface area contributed by atoms with Crippen molar-refractivity contribution in [1.29, 1.82) is 0 Å². The maximum absolute atomic E-state index is 12.0. The lowest BCUT2D eigenvalue weighted by Crippen LogP contribution is -2.26. The molecule has 106 valence electrons. The molecule has 0 aliphatic heterocycles. The summed E-state index contributed by atoms with van der Waals surface area (Å²) in [7, 11) is 1.91. The van der Waals surface area contributed by atoms with Crippen LogP contribution in [0.15, 0.2) is 23.1 Å². The number of anilines is 2. The van der Waals surface area contributed by atoms with Crippen LogP contribution in [-0.4, -0.2) is 33.3 Å². The van der Waals surface area contributed by atoms with Gasteiger partial charge in [-0.2, -0.15) is 5.10 Å². The summed E-state index contributed by atoms with van der Waals surface area (Å²) in [6, 6.07) is 3.23. The molecule has 2 aromatic heterocycles. The van der Waals surface area contributed by atoms with Crippen molar-refractivity contribution in [2.75, 3.05) is 24.2 Å². The van der Waals surface area contributed by atoms with Crippen molar-refractivity contribution in [3.8, 4) is 0 Å². The zero-order valence-electron chi connectivity index (χ0n) is 11.9. The van der Waals surface area contributed by atoms with Crippen LogP contribution in [0.2, 0.25) is 0 Å². The van der Waals surface area contributed by atoms with E-state index in [0.717, 1.165) is 17.9 Å². The van der Waals surface area contributed by atoms with Crippen molar-refractivity contribution in [3.05, 3.63) is 40.2 Å². The first kappa shape index (κ1) is 14.0. The lowest BCUT2D eigenvalue weighted by atomic mass is 10.4. The Balaban J connectivity index is 2.28. The molecule has 0 saturated carbocycles. The third-order valence-corrected chi connectivity index (χ3v) is 2.98. The summed E-state index contributed by atoms with van der Waals surface area (Å²) in [5.74, 6) is 0.872. The Labute approximate surface area is 117 Å². The summed E-state index contributed by atoms with van der Waals surface area (Å²) >= 11 is 0. The smallest absolute Gasteiger partial charge is 0.269 e. The first-order valence-electron chi connectivity index (χ1n) is 6.38. The van der Waals surface area contributed by atoms with E-state index in [1.165, 1.54) is 4.68 Å². The van der Waals surface area contributed by atoms with Gasteiger partial charge in [0, 0.05) is 31.4 Å². The van der Waals surface area contributed by atoms with E-state index in [1.807, 2.05) is 25.8 Å². The fourth-order valence-corrected chi connectivity index (χ4v) is 1.79. The molecule has 0 aromatic carbocycles. The molecule has 0 fully saturated rings. The maximum Gasteiger partial charge on any atom is 0.269 e. The van der Waals surface area contributed by atoms with Crippen LogP contribution in [0, 0.1) is 6.92 Å². The number of hydrogen-bond donors (Lipinski definition) is 1. The molecule has 0 unspecified atom stereocenters. The van der Waals surface area contributed by atoms with E-state index in [2.05, 4.69) is 15.1 Å². The van der Waals surface area contributed by atoms with Gasteiger partial charge in [0.25, 0.3) is 5.56 Å². The van der Waals surface area contributed by atoms with E-state index in [9.17, 15) is 4.79 Å². The Kier molecular flexibility index (Phi) is 3.97. The van der Waals surface area contributed by atoms with Gasteiger partial charge in [0.2, 0.25) is 0 Å². The summed E-state index contributed by atoms with van der Waals surface area (Å²) in [6.45, 7) is 4.86. The van der Waals surface area contributed by atoms with Crippen LogP contribution in [0.4, 0.5) is 11.5 Å². The monoisotopic (exact) mass is 274 g/mol. The predicted molar refractivity (Wildman–Crippen MR) is 77.7 cm³/mol. The summed E-state index contributed by atoms with van der Waals surface area (Å²) < 4.78 is 1.32. The molecule has 0 radical (unpaired) electrons. The first-order chi connectivity index (χ1) is 9.49. The third-order valence-electron chi connectivity index (χ3n) is 2.98. The third kappa shape index (κ3) is 3.11. The van der Waals surface area contributed by atoms with E-state index in [1.54, 1.807) is 18.3 Å². The fraction of sp³-hybridized carbons (Fsp3) is 0.385. The van der Waals surface area contributed by atoms with Crippen LogP contribution in [0.1, 0.15) is 18.4 Å². The zero-order valence-corrected chi connectivity index (χ0v) is 11.9. The predicted octanol–water partition coefficient (Wildman–Crippen LogP) is 0.428. The quantitative estimate of drug-likeness (QED) is 0.869. The lowest BCUT2D eigenvalue weighted by Gasteiger charge is -2.16. The molecule has 0 aliphatic rings. The highest BCUT2D eigenvalue weighted by atomic mass is 16.1. The first-order valence-corrected chi connectivity index (χ1v) is 6.38. The van der Waals surface area contributed by atoms with E-state index in [4.69, 9.17) is 5.73 Å². The zero-order chi connectivity index (χ0) is 14.7. The number of aromatic nitrogens is 4. The molecule has 0 atom stereocenters. The highest BCUT2D eigenvalue weighted by molar-refractivity contribution is 5.41. The van der Waals surface area contributed by atoms with Gasteiger partial charge in [0.05, 0.1) is 11.9 Å². The van der Waals surface area contributed by atoms with Crippen LogP contribution >= 0.6 is 0 Å². The molecular formula is C13H18N6O. The van der Waals surface area contributed by atoms with Gasteiger partial charge in [-0.3, -0.25) is 4.79 Å². The van der Waals surface area contributed by atoms with Crippen LogP contribution < -0.4 is 16.2 Å². The van der Waals surface area contributed by atoms with Gasteiger partial charge in [-0.05, 0) is 13.8 Å². The summed E-state index contributed by atoms with van der Waals surface area (Å²) in [5.41, 5.74) is 7.04. The minimum absolute atomic E-state index is 0.188. The molecule has 0 saturated heterocycles. The SMILES string of the molecule is CCN(C)c1cnn(Cc2nc(C)cc(N)n2)c(=O)c1. The Morgan fingerprint density at radius 3 is 2.70 bits per heavy atom. The van der Waals surface area contributed by atoms with Gasteiger partial charge in [-0.15, -0.1) is 0 Å². The van der Waals surface area contributed by atoms with Gasteiger partial charge in [-0.25, -0.2) is 14.6 Å². The number of rotatable bonds is 4. The largest absolute Gasteiger partial charge is 0.384 e. The Morgan fingerprint density at radius 1 is 1.35 bits per heavy atom. The Bertz CT molecular complexity index is 646. The molecule has 0 amide bonds. The van der Waals surface area contributed by atoms with E-state index in [-0.39, 0.29) is 12.1 Å². The molecule has 0 bridgehead atoms. The van der Waals surface area contributed by atoms with Crippen molar-refractivity contribution >= 4 is 11.5 Å². The van der Waals surface area contributed by atoms with E-state index in [0.29, 0.717) is 11.6 Å². The standard InChI is InChI=1S/C13H18N6O/c1-4-18(3)10-6-13(20)19(15-7-10)8-12-16-9(2)5-11(14)17-12/h5-7H,4,8H2,1-3H3,(H2,14,16,17). The molecule has 20 heavy (non-hydrogen) atoms. The molecule has 0 aliphatic carbocycles. The van der Waals surface area contributed by atoms with Gasteiger partial charge in [-0.1, -0.05) is 0 Å². The number of hydrogen-bond acceptors (Lipinski definition) is 6. The average Bonchev–Trinajstić information content (AvgIpc) is 2.39. The van der Waals surface area contributed by atoms with Crippen molar-refractivity contribution in [3.63, 3.8) is 0 Å². The highest BCUT2D eigenvalue weighted by Crippen LogP contribution is 2.07. The minimum atomic E-state index is -0.188. The van der Waals surface area contributed by atoms with Gasteiger partial charge < -0.3 is 10.6 Å². The van der Waals surface area contributed by atoms with Gasteiger partial charge in [0.1, 0.15) is 12.4 Å².